The lowest BCUT2D eigenvalue weighted by Crippen LogP contribution is -2.09. The second kappa shape index (κ2) is 3.93. The molecule has 0 saturated heterocycles. The third-order valence-corrected chi connectivity index (χ3v) is 2.77. The van der Waals surface area contributed by atoms with E-state index in [-0.39, 0.29) is 0 Å². The van der Waals surface area contributed by atoms with E-state index in [2.05, 4.69) is 21.6 Å². The molecular formula is C13H17N3. The fourth-order valence-corrected chi connectivity index (χ4v) is 1.79. The predicted molar refractivity (Wildman–Crippen MR) is 69.6 cm³/mol. The summed E-state index contributed by atoms with van der Waals surface area (Å²) in [6, 6.07) is 10.2. The molecule has 0 aliphatic rings. The van der Waals surface area contributed by atoms with Crippen molar-refractivity contribution < 1.29 is 0 Å². The molecule has 0 unspecified atom stereocenters. The first-order chi connectivity index (χ1) is 7.59. The standard InChI is InChI=1S/C13H17N3/c1-15(2)10-6-7-12(14)11(9-10)13-5-4-8-16(13)3/h4-9H,14H2,1-3H3. The van der Waals surface area contributed by atoms with Crippen LogP contribution in [0.4, 0.5) is 11.4 Å². The van der Waals surface area contributed by atoms with Gasteiger partial charge in [0.25, 0.3) is 0 Å². The van der Waals surface area contributed by atoms with Gasteiger partial charge in [0.2, 0.25) is 0 Å². The summed E-state index contributed by atoms with van der Waals surface area (Å²) in [4.78, 5) is 2.08. The molecule has 2 aromatic rings. The number of aromatic nitrogens is 1. The number of nitrogen functional groups attached to an aromatic ring is 1. The predicted octanol–water partition coefficient (Wildman–Crippen LogP) is 2.34. The van der Waals surface area contributed by atoms with E-state index in [0.29, 0.717) is 0 Å². The normalized spacial score (nSPS) is 10.4. The van der Waals surface area contributed by atoms with Crippen LogP contribution in [-0.2, 0) is 7.05 Å². The van der Waals surface area contributed by atoms with Gasteiger partial charge in [0, 0.05) is 50.0 Å². The van der Waals surface area contributed by atoms with Gasteiger partial charge in [0.1, 0.15) is 0 Å². The van der Waals surface area contributed by atoms with Gasteiger partial charge in [-0.2, -0.15) is 0 Å². The van der Waals surface area contributed by atoms with Crippen LogP contribution in [0.25, 0.3) is 11.3 Å². The Hall–Kier alpha value is -1.90. The van der Waals surface area contributed by atoms with Gasteiger partial charge in [-0.1, -0.05) is 0 Å². The lowest BCUT2D eigenvalue weighted by atomic mass is 10.1. The number of rotatable bonds is 2. The van der Waals surface area contributed by atoms with Crippen molar-refractivity contribution in [1.82, 2.24) is 4.57 Å². The van der Waals surface area contributed by atoms with Crippen molar-refractivity contribution in [2.24, 2.45) is 7.05 Å². The third-order valence-electron chi connectivity index (χ3n) is 2.77. The first-order valence-electron chi connectivity index (χ1n) is 5.28. The van der Waals surface area contributed by atoms with Crippen LogP contribution in [0.3, 0.4) is 0 Å². The van der Waals surface area contributed by atoms with E-state index >= 15 is 0 Å². The van der Waals surface area contributed by atoms with E-state index in [9.17, 15) is 0 Å². The molecule has 0 amide bonds. The number of benzene rings is 1. The van der Waals surface area contributed by atoms with E-state index in [4.69, 9.17) is 5.73 Å². The summed E-state index contributed by atoms with van der Waals surface area (Å²) in [6.07, 6.45) is 2.02. The average molecular weight is 215 g/mol. The van der Waals surface area contributed by atoms with Crippen LogP contribution in [0, 0.1) is 0 Å². The zero-order valence-corrected chi connectivity index (χ0v) is 9.94. The zero-order chi connectivity index (χ0) is 11.7. The Bertz CT molecular complexity index is 498. The van der Waals surface area contributed by atoms with Gasteiger partial charge in [-0.25, -0.2) is 0 Å². The van der Waals surface area contributed by atoms with Crippen LogP contribution in [0.5, 0.6) is 0 Å². The SMILES string of the molecule is CN(C)c1ccc(N)c(-c2cccn2C)c1. The molecule has 0 saturated carbocycles. The van der Waals surface area contributed by atoms with Crippen LogP contribution < -0.4 is 10.6 Å². The Balaban J connectivity index is 2.56. The molecule has 16 heavy (non-hydrogen) atoms. The Morgan fingerprint density at radius 1 is 1.19 bits per heavy atom. The van der Waals surface area contributed by atoms with E-state index < -0.39 is 0 Å². The molecule has 2 N–H and O–H groups in total. The monoisotopic (exact) mass is 215 g/mol. The molecule has 3 nitrogen and oxygen atoms in total. The summed E-state index contributed by atoms with van der Waals surface area (Å²) in [6.45, 7) is 0. The lowest BCUT2D eigenvalue weighted by molar-refractivity contribution is 0.937. The highest BCUT2D eigenvalue weighted by molar-refractivity contribution is 5.78. The molecule has 1 aromatic heterocycles. The number of anilines is 2. The molecular weight excluding hydrogens is 198 g/mol. The van der Waals surface area contributed by atoms with Gasteiger partial charge >= 0.3 is 0 Å². The number of nitrogens with zero attached hydrogens (tertiary/aromatic N) is 2. The molecule has 0 aliphatic carbocycles. The summed E-state index contributed by atoms with van der Waals surface area (Å²) < 4.78 is 2.07. The minimum Gasteiger partial charge on any atom is -0.398 e. The van der Waals surface area contributed by atoms with Crippen molar-refractivity contribution >= 4 is 11.4 Å². The fourth-order valence-electron chi connectivity index (χ4n) is 1.79. The maximum atomic E-state index is 6.02. The highest BCUT2D eigenvalue weighted by atomic mass is 15.1. The molecule has 2 rings (SSSR count). The molecule has 84 valence electrons. The van der Waals surface area contributed by atoms with Crippen LogP contribution in [0.1, 0.15) is 0 Å². The summed E-state index contributed by atoms with van der Waals surface area (Å²) in [7, 11) is 6.08. The van der Waals surface area contributed by atoms with E-state index in [1.54, 1.807) is 0 Å². The molecule has 0 atom stereocenters. The smallest absolute Gasteiger partial charge is 0.0499 e. The van der Waals surface area contributed by atoms with E-state index in [0.717, 1.165) is 22.6 Å². The van der Waals surface area contributed by atoms with Crippen LogP contribution in [0.15, 0.2) is 36.5 Å². The quantitative estimate of drug-likeness (QED) is 0.780. The number of hydrogen-bond donors (Lipinski definition) is 1. The lowest BCUT2D eigenvalue weighted by Gasteiger charge is -2.15. The van der Waals surface area contributed by atoms with Crippen LogP contribution in [0.2, 0.25) is 0 Å². The Labute approximate surface area is 96.1 Å². The molecule has 1 aromatic carbocycles. The largest absolute Gasteiger partial charge is 0.398 e. The van der Waals surface area contributed by atoms with Crippen molar-refractivity contribution in [3.63, 3.8) is 0 Å². The zero-order valence-electron chi connectivity index (χ0n) is 9.94. The fraction of sp³-hybridized carbons (Fsp3) is 0.231. The van der Waals surface area contributed by atoms with Gasteiger partial charge in [-0.05, 0) is 30.3 Å². The maximum absolute atomic E-state index is 6.02. The van der Waals surface area contributed by atoms with Gasteiger partial charge in [0.05, 0.1) is 0 Å². The summed E-state index contributed by atoms with van der Waals surface area (Å²) in [5.74, 6) is 0. The Morgan fingerprint density at radius 2 is 1.94 bits per heavy atom. The molecule has 0 spiro atoms. The molecule has 0 fully saturated rings. The molecule has 0 bridgehead atoms. The summed E-state index contributed by atoms with van der Waals surface area (Å²) in [5.41, 5.74) is 10.2. The second-order valence-corrected chi connectivity index (χ2v) is 4.17. The first kappa shape index (κ1) is 10.6. The molecule has 3 heteroatoms. The Kier molecular flexibility index (Phi) is 2.60. The van der Waals surface area contributed by atoms with Gasteiger partial charge in [-0.15, -0.1) is 0 Å². The average Bonchev–Trinajstić information content (AvgIpc) is 2.65. The van der Waals surface area contributed by atoms with Crippen molar-refractivity contribution in [1.29, 1.82) is 0 Å². The number of hydrogen-bond acceptors (Lipinski definition) is 2. The van der Waals surface area contributed by atoms with Crippen molar-refractivity contribution in [2.75, 3.05) is 24.7 Å². The van der Waals surface area contributed by atoms with Gasteiger partial charge in [0.15, 0.2) is 0 Å². The molecule has 0 radical (unpaired) electrons. The van der Waals surface area contributed by atoms with E-state index in [1.165, 1.54) is 0 Å². The Morgan fingerprint density at radius 3 is 2.50 bits per heavy atom. The summed E-state index contributed by atoms with van der Waals surface area (Å²) in [5, 5.41) is 0. The highest BCUT2D eigenvalue weighted by Crippen LogP contribution is 2.29. The van der Waals surface area contributed by atoms with E-state index in [1.807, 2.05) is 45.5 Å². The summed E-state index contributed by atoms with van der Waals surface area (Å²) >= 11 is 0. The maximum Gasteiger partial charge on any atom is 0.0499 e. The minimum atomic E-state index is 0.812. The minimum absolute atomic E-state index is 0.812. The van der Waals surface area contributed by atoms with Crippen molar-refractivity contribution in [3.05, 3.63) is 36.5 Å². The van der Waals surface area contributed by atoms with Crippen molar-refractivity contribution in [3.8, 4) is 11.3 Å². The van der Waals surface area contributed by atoms with Crippen LogP contribution >= 0.6 is 0 Å². The van der Waals surface area contributed by atoms with Crippen molar-refractivity contribution in [2.45, 2.75) is 0 Å². The highest BCUT2D eigenvalue weighted by Gasteiger charge is 2.07. The first-order valence-corrected chi connectivity index (χ1v) is 5.28. The molecule has 0 aliphatic heterocycles. The van der Waals surface area contributed by atoms with Gasteiger partial charge < -0.3 is 15.2 Å². The van der Waals surface area contributed by atoms with Crippen LogP contribution in [-0.4, -0.2) is 18.7 Å². The second-order valence-electron chi connectivity index (χ2n) is 4.17. The topological polar surface area (TPSA) is 34.2 Å². The van der Waals surface area contributed by atoms with Gasteiger partial charge in [-0.3, -0.25) is 0 Å². The number of nitrogens with two attached hydrogens (primary N) is 1. The molecule has 1 heterocycles. The third kappa shape index (κ3) is 1.76. The number of aryl methyl sites for hydroxylation is 1.